The van der Waals surface area contributed by atoms with E-state index in [1.807, 2.05) is 4.90 Å². The van der Waals surface area contributed by atoms with E-state index in [1.165, 1.54) is 0 Å². The molecule has 8 atom stereocenters. The fourth-order valence-electron chi connectivity index (χ4n) is 6.07. The van der Waals surface area contributed by atoms with Crippen molar-refractivity contribution in [3.63, 3.8) is 0 Å². The normalized spacial score (nSPS) is 45.4. The number of fused-ring (bicyclic) bond motifs is 3. The third-order valence-corrected chi connectivity index (χ3v) is 8.43. The summed E-state index contributed by atoms with van der Waals surface area (Å²) in [6.07, 6.45) is 1.83. The molecule has 6 nitrogen and oxygen atoms in total. The minimum atomic E-state index is -0.414. The van der Waals surface area contributed by atoms with Crippen LogP contribution >= 0.6 is 23.2 Å². The molecule has 4 fully saturated rings. The molecule has 154 valence electrons. The number of carbonyl (C=O) groups is 1. The Morgan fingerprint density at radius 3 is 2.67 bits per heavy atom. The molecule has 4 aliphatic rings. The molecule has 1 aliphatic carbocycles. The predicted molar refractivity (Wildman–Crippen MR) is 105 cm³/mol. The van der Waals surface area contributed by atoms with Crippen LogP contribution in [0, 0.1) is 17.8 Å². The van der Waals surface area contributed by atoms with Gasteiger partial charge in [-0.15, -0.1) is 23.2 Å². The molecule has 4 rings (SSSR count). The number of aliphatic hydroxyl groups is 1. The minimum Gasteiger partial charge on any atom is -0.387 e. The number of halogens is 2. The predicted octanol–water partition coefficient (Wildman–Crippen LogP) is 0.739. The number of nitrogens with zero attached hydrogens (tertiary/aromatic N) is 2. The van der Waals surface area contributed by atoms with Crippen molar-refractivity contribution < 1.29 is 14.6 Å². The maximum absolute atomic E-state index is 12.2. The molecule has 0 aromatic carbocycles. The number of nitrogens with one attached hydrogen (secondary N) is 1. The summed E-state index contributed by atoms with van der Waals surface area (Å²) < 4.78 is 5.50. The standard InChI is InChI=1S/C19H31Cl2N3O3/c1-11-16-14(2-3-24(11)15(26)10-25)22-19-17(16)12(8-13(20)18(19)21)9-23-4-6-27-7-5-23/h11-14,16-19,22,25H,2-10H2,1H3/t11-,12?,13?,14?,16?,17?,18?,19?/m0/s1. The van der Waals surface area contributed by atoms with Gasteiger partial charge in [-0.2, -0.15) is 0 Å². The molecule has 0 radical (unpaired) electrons. The number of alkyl halides is 2. The van der Waals surface area contributed by atoms with Crippen LogP contribution in [-0.2, 0) is 9.53 Å². The number of aliphatic hydroxyl groups excluding tert-OH is 1. The van der Waals surface area contributed by atoms with Crippen LogP contribution in [0.15, 0.2) is 0 Å². The molecule has 0 aromatic rings. The SMILES string of the molecule is C[C@H]1C2C(CCN1C(=O)CO)NC1C(Cl)C(Cl)CC(CN3CCOCC3)C12. The van der Waals surface area contributed by atoms with Gasteiger partial charge in [0.1, 0.15) is 6.61 Å². The second-order valence-electron chi connectivity index (χ2n) is 8.60. The quantitative estimate of drug-likeness (QED) is 0.660. The van der Waals surface area contributed by atoms with Gasteiger partial charge < -0.3 is 20.1 Å². The van der Waals surface area contributed by atoms with Gasteiger partial charge in [0.15, 0.2) is 0 Å². The van der Waals surface area contributed by atoms with E-state index in [-0.39, 0.29) is 28.7 Å². The highest BCUT2D eigenvalue weighted by Gasteiger charge is 2.57. The van der Waals surface area contributed by atoms with E-state index in [0.29, 0.717) is 30.3 Å². The number of hydrogen-bond acceptors (Lipinski definition) is 5. The van der Waals surface area contributed by atoms with Gasteiger partial charge in [-0.1, -0.05) is 0 Å². The van der Waals surface area contributed by atoms with Crippen molar-refractivity contribution in [2.24, 2.45) is 17.8 Å². The molecular weight excluding hydrogens is 389 g/mol. The van der Waals surface area contributed by atoms with Crippen LogP contribution < -0.4 is 5.32 Å². The zero-order valence-electron chi connectivity index (χ0n) is 15.9. The van der Waals surface area contributed by atoms with Crippen molar-refractivity contribution in [3.8, 4) is 0 Å². The summed E-state index contributed by atoms with van der Waals surface area (Å²) in [7, 11) is 0. The Morgan fingerprint density at radius 1 is 1.22 bits per heavy atom. The highest BCUT2D eigenvalue weighted by atomic mass is 35.5. The van der Waals surface area contributed by atoms with E-state index < -0.39 is 6.61 Å². The maximum Gasteiger partial charge on any atom is 0.248 e. The van der Waals surface area contributed by atoms with Crippen LogP contribution in [-0.4, -0.2) is 95.7 Å². The van der Waals surface area contributed by atoms with Crippen LogP contribution in [0.5, 0.6) is 0 Å². The number of ether oxygens (including phenoxy) is 1. The Hall–Kier alpha value is -0.110. The van der Waals surface area contributed by atoms with Gasteiger partial charge in [-0.05, 0) is 37.5 Å². The molecule has 3 aliphatic heterocycles. The van der Waals surface area contributed by atoms with Crippen LogP contribution in [0.25, 0.3) is 0 Å². The van der Waals surface area contributed by atoms with Gasteiger partial charge in [0.25, 0.3) is 0 Å². The van der Waals surface area contributed by atoms with Gasteiger partial charge in [0, 0.05) is 44.3 Å². The number of carbonyl (C=O) groups excluding carboxylic acids is 1. The summed E-state index contributed by atoms with van der Waals surface area (Å²) in [5.74, 6) is 1.05. The number of rotatable bonds is 3. The van der Waals surface area contributed by atoms with Gasteiger partial charge >= 0.3 is 0 Å². The third-order valence-electron chi connectivity index (χ3n) is 7.27. The number of piperidine rings is 1. The van der Waals surface area contributed by atoms with Gasteiger partial charge in [0.05, 0.1) is 24.0 Å². The fraction of sp³-hybridized carbons (Fsp3) is 0.947. The molecule has 0 spiro atoms. The summed E-state index contributed by atoms with van der Waals surface area (Å²) in [4.78, 5) is 16.6. The third kappa shape index (κ3) is 3.74. The summed E-state index contributed by atoms with van der Waals surface area (Å²) >= 11 is 13.4. The van der Waals surface area contributed by atoms with Crippen molar-refractivity contribution in [1.82, 2.24) is 15.1 Å². The van der Waals surface area contributed by atoms with E-state index in [4.69, 9.17) is 27.9 Å². The lowest BCUT2D eigenvalue weighted by Crippen LogP contribution is -2.56. The molecular formula is C19H31Cl2N3O3. The molecule has 1 amide bonds. The zero-order valence-corrected chi connectivity index (χ0v) is 17.4. The van der Waals surface area contributed by atoms with Crippen molar-refractivity contribution in [3.05, 3.63) is 0 Å². The summed E-state index contributed by atoms with van der Waals surface area (Å²) in [5, 5.41) is 13.0. The number of amides is 1. The average Bonchev–Trinajstić information content (AvgIpc) is 3.07. The Morgan fingerprint density at radius 2 is 1.96 bits per heavy atom. The monoisotopic (exact) mass is 419 g/mol. The molecule has 1 saturated carbocycles. The Labute approximate surface area is 171 Å². The van der Waals surface area contributed by atoms with Gasteiger partial charge in [-0.25, -0.2) is 0 Å². The maximum atomic E-state index is 12.2. The van der Waals surface area contributed by atoms with E-state index in [1.54, 1.807) is 0 Å². The second kappa shape index (κ2) is 8.33. The lowest BCUT2D eigenvalue weighted by molar-refractivity contribution is -0.140. The van der Waals surface area contributed by atoms with E-state index in [0.717, 1.165) is 45.7 Å². The Bertz CT molecular complexity index is 548. The molecule has 0 aromatic heterocycles. The molecule has 3 heterocycles. The summed E-state index contributed by atoms with van der Waals surface area (Å²) in [6, 6.07) is 0.664. The smallest absolute Gasteiger partial charge is 0.248 e. The Kier molecular flexibility index (Phi) is 6.22. The first-order valence-electron chi connectivity index (χ1n) is 10.3. The summed E-state index contributed by atoms with van der Waals surface area (Å²) in [5.41, 5.74) is 0. The first-order valence-corrected chi connectivity index (χ1v) is 11.1. The van der Waals surface area contributed by atoms with E-state index in [2.05, 4.69) is 17.1 Å². The lowest BCUT2D eigenvalue weighted by Gasteiger charge is -2.48. The fourth-order valence-corrected chi connectivity index (χ4v) is 6.80. The lowest BCUT2D eigenvalue weighted by atomic mass is 9.67. The second-order valence-corrected chi connectivity index (χ2v) is 9.66. The molecule has 3 saturated heterocycles. The first-order chi connectivity index (χ1) is 13.0. The van der Waals surface area contributed by atoms with Crippen LogP contribution in [0.2, 0.25) is 0 Å². The zero-order chi connectivity index (χ0) is 19.1. The average molecular weight is 420 g/mol. The topological polar surface area (TPSA) is 65.0 Å². The van der Waals surface area contributed by atoms with Crippen LogP contribution in [0.4, 0.5) is 0 Å². The van der Waals surface area contributed by atoms with E-state index in [9.17, 15) is 9.90 Å². The van der Waals surface area contributed by atoms with Crippen molar-refractivity contribution in [2.75, 3.05) is 46.0 Å². The minimum absolute atomic E-state index is 0.0305. The Balaban J connectivity index is 1.57. The van der Waals surface area contributed by atoms with Gasteiger partial charge in [0.2, 0.25) is 5.91 Å². The molecule has 7 unspecified atom stereocenters. The highest BCUT2D eigenvalue weighted by molar-refractivity contribution is 6.30. The number of hydrogen-bond donors (Lipinski definition) is 2. The van der Waals surface area contributed by atoms with Crippen LogP contribution in [0.3, 0.4) is 0 Å². The molecule has 27 heavy (non-hydrogen) atoms. The molecule has 0 bridgehead atoms. The largest absolute Gasteiger partial charge is 0.387 e. The first kappa shape index (κ1) is 20.2. The number of likely N-dealkylation sites (tertiary alicyclic amines) is 1. The van der Waals surface area contributed by atoms with E-state index >= 15 is 0 Å². The summed E-state index contributed by atoms with van der Waals surface area (Å²) in [6.45, 7) is 6.96. The highest BCUT2D eigenvalue weighted by Crippen LogP contribution is 2.49. The van der Waals surface area contributed by atoms with Crippen molar-refractivity contribution in [2.45, 2.75) is 48.6 Å². The molecule has 2 N–H and O–H groups in total. The molecule has 8 heteroatoms. The number of morpholine rings is 1. The van der Waals surface area contributed by atoms with Gasteiger partial charge in [-0.3, -0.25) is 9.69 Å². The van der Waals surface area contributed by atoms with Crippen molar-refractivity contribution in [1.29, 1.82) is 0 Å². The van der Waals surface area contributed by atoms with Crippen molar-refractivity contribution >= 4 is 29.1 Å². The van der Waals surface area contributed by atoms with Crippen LogP contribution in [0.1, 0.15) is 19.8 Å².